The Hall–Kier alpha value is -2.52. The highest BCUT2D eigenvalue weighted by atomic mass is 14.7. The van der Waals surface area contributed by atoms with E-state index >= 15 is 0 Å². The number of hydrogen-bond donors (Lipinski definition) is 1. The molecule has 0 fully saturated rings. The van der Waals surface area contributed by atoms with Crippen LogP contribution in [-0.4, -0.2) is 4.98 Å². The molecule has 2 rings (SSSR count). The highest BCUT2D eigenvalue weighted by molar-refractivity contribution is 5.88. The molecule has 3 nitrogen and oxygen atoms in total. The molecule has 0 amide bonds. The number of benzene rings is 1. The lowest BCUT2D eigenvalue weighted by atomic mass is 10.1. The maximum absolute atomic E-state index is 8.97. The number of aromatic nitrogens is 1. The summed E-state index contributed by atoms with van der Waals surface area (Å²) < 4.78 is 0. The van der Waals surface area contributed by atoms with Crippen LogP contribution in [0.5, 0.6) is 0 Å². The molecule has 17 heavy (non-hydrogen) atoms. The molecule has 1 heterocycles. The third-order valence-corrected chi connectivity index (χ3v) is 2.80. The Morgan fingerprint density at radius 3 is 1.71 bits per heavy atom. The summed E-state index contributed by atoms with van der Waals surface area (Å²) in [4.78, 5) is 3.17. The van der Waals surface area contributed by atoms with Crippen LogP contribution < -0.4 is 10.7 Å². The number of H-pyrrole nitrogens is 1. The van der Waals surface area contributed by atoms with Gasteiger partial charge in [-0.25, -0.2) is 0 Å². The Labute approximate surface area is 98.9 Å². The van der Waals surface area contributed by atoms with Crippen LogP contribution in [0.2, 0.25) is 0 Å². The molecule has 0 aliphatic carbocycles. The number of nitrogens with zero attached hydrogens (tertiary/aromatic N) is 2. The summed E-state index contributed by atoms with van der Waals surface area (Å²) in [7, 11) is 0. The number of fused-ring (bicyclic) bond motifs is 1. The van der Waals surface area contributed by atoms with Crippen molar-refractivity contribution in [3.05, 3.63) is 35.0 Å². The average molecular weight is 221 g/mol. The normalized spacial score (nSPS) is 13.9. The van der Waals surface area contributed by atoms with E-state index in [-0.39, 0.29) is 0 Å². The van der Waals surface area contributed by atoms with E-state index < -0.39 is 0 Å². The molecular weight excluding hydrogens is 210 g/mol. The van der Waals surface area contributed by atoms with Crippen LogP contribution in [0.4, 0.5) is 0 Å². The van der Waals surface area contributed by atoms with Gasteiger partial charge in [0.2, 0.25) is 0 Å². The van der Waals surface area contributed by atoms with Gasteiger partial charge in [0.25, 0.3) is 0 Å². The zero-order valence-corrected chi connectivity index (χ0v) is 9.70. The molecule has 0 unspecified atom stereocenters. The van der Waals surface area contributed by atoms with E-state index in [2.05, 4.69) is 17.1 Å². The minimum atomic E-state index is 0.623. The van der Waals surface area contributed by atoms with E-state index in [0.29, 0.717) is 11.1 Å². The molecule has 2 aromatic rings. The van der Waals surface area contributed by atoms with E-state index in [9.17, 15) is 0 Å². The van der Waals surface area contributed by atoms with Crippen molar-refractivity contribution in [2.75, 3.05) is 0 Å². The van der Waals surface area contributed by atoms with Gasteiger partial charge in [0.05, 0.1) is 34.0 Å². The van der Waals surface area contributed by atoms with Gasteiger partial charge >= 0.3 is 0 Å². The number of nitriles is 2. The zero-order valence-electron chi connectivity index (χ0n) is 9.70. The molecular formula is C14H11N3. The van der Waals surface area contributed by atoms with Crippen LogP contribution in [0.15, 0.2) is 24.3 Å². The standard InChI is InChI=1S/C14H11N3/c1-9(7-15)13-11-5-3-4-6-12(11)14(17-13)10(2)8-16/h3-6,17H,1-2H3/b13-9+,14-10+. The fourth-order valence-corrected chi connectivity index (χ4v) is 1.88. The first-order valence-electron chi connectivity index (χ1n) is 5.27. The monoisotopic (exact) mass is 221 g/mol. The maximum Gasteiger partial charge on any atom is 0.0966 e. The maximum atomic E-state index is 8.97. The lowest BCUT2D eigenvalue weighted by Gasteiger charge is -1.88. The third-order valence-electron chi connectivity index (χ3n) is 2.80. The molecule has 0 spiro atoms. The fraction of sp³-hybridized carbons (Fsp3) is 0.143. The summed E-state index contributed by atoms with van der Waals surface area (Å²) in [5.41, 5.74) is 1.25. The molecule has 0 aliphatic rings. The van der Waals surface area contributed by atoms with Crippen molar-refractivity contribution in [3.8, 4) is 12.1 Å². The van der Waals surface area contributed by atoms with Gasteiger partial charge in [0.15, 0.2) is 0 Å². The van der Waals surface area contributed by atoms with Gasteiger partial charge in [0.1, 0.15) is 0 Å². The molecule has 1 aromatic heterocycles. The molecule has 3 heteroatoms. The number of hydrogen-bond acceptors (Lipinski definition) is 2. The van der Waals surface area contributed by atoms with Crippen molar-refractivity contribution >= 4 is 21.9 Å². The Balaban J connectivity index is 3.16. The average Bonchev–Trinajstić information content (AvgIpc) is 2.76. The smallest absolute Gasteiger partial charge is 0.0966 e. The predicted molar refractivity (Wildman–Crippen MR) is 66.9 cm³/mol. The number of aromatic amines is 1. The van der Waals surface area contributed by atoms with Crippen LogP contribution >= 0.6 is 0 Å². The molecule has 1 aromatic carbocycles. The molecule has 0 atom stereocenters. The number of rotatable bonds is 0. The second-order valence-corrected chi connectivity index (χ2v) is 3.89. The predicted octanol–water partition coefficient (Wildman–Crippen LogP) is 1.56. The molecule has 0 bridgehead atoms. The first kappa shape index (κ1) is 11.0. The quantitative estimate of drug-likeness (QED) is 0.733. The first-order valence-corrected chi connectivity index (χ1v) is 5.27. The lowest BCUT2D eigenvalue weighted by molar-refractivity contribution is 1.25. The van der Waals surface area contributed by atoms with Gasteiger partial charge in [-0.05, 0) is 13.8 Å². The largest absolute Gasteiger partial charge is 0.353 e. The zero-order chi connectivity index (χ0) is 12.4. The van der Waals surface area contributed by atoms with Gasteiger partial charge in [-0.15, -0.1) is 0 Å². The molecule has 0 saturated heterocycles. The molecule has 0 aliphatic heterocycles. The van der Waals surface area contributed by atoms with Crippen molar-refractivity contribution in [1.29, 1.82) is 10.5 Å². The summed E-state index contributed by atoms with van der Waals surface area (Å²) in [5, 5.41) is 21.5. The molecule has 0 radical (unpaired) electrons. The van der Waals surface area contributed by atoms with E-state index in [4.69, 9.17) is 10.5 Å². The van der Waals surface area contributed by atoms with Crippen LogP contribution in [-0.2, 0) is 0 Å². The van der Waals surface area contributed by atoms with Crippen LogP contribution in [0.25, 0.3) is 21.9 Å². The first-order chi connectivity index (χ1) is 8.19. The summed E-state index contributed by atoms with van der Waals surface area (Å²) >= 11 is 0. The Morgan fingerprint density at radius 1 is 0.941 bits per heavy atom. The summed E-state index contributed by atoms with van der Waals surface area (Å²) in [6.45, 7) is 3.54. The molecule has 82 valence electrons. The SMILES string of the molecule is C/C(C#N)=c1\[nH]/c(=C(\C)C#N)c2ccccc12. The highest BCUT2D eigenvalue weighted by Gasteiger charge is 2.04. The van der Waals surface area contributed by atoms with Gasteiger partial charge in [-0.1, -0.05) is 24.3 Å². The van der Waals surface area contributed by atoms with Gasteiger partial charge in [-0.2, -0.15) is 10.5 Å². The highest BCUT2D eigenvalue weighted by Crippen LogP contribution is 2.06. The van der Waals surface area contributed by atoms with E-state index in [1.165, 1.54) is 0 Å². The van der Waals surface area contributed by atoms with Crippen molar-refractivity contribution in [3.63, 3.8) is 0 Å². The van der Waals surface area contributed by atoms with Crippen molar-refractivity contribution in [2.24, 2.45) is 0 Å². The fourth-order valence-electron chi connectivity index (χ4n) is 1.88. The minimum absolute atomic E-state index is 0.623. The topological polar surface area (TPSA) is 63.4 Å². The Kier molecular flexibility index (Phi) is 2.68. The summed E-state index contributed by atoms with van der Waals surface area (Å²) in [6.07, 6.45) is 0. The Morgan fingerprint density at radius 2 is 1.35 bits per heavy atom. The van der Waals surface area contributed by atoms with Gasteiger partial charge in [0, 0.05) is 10.8 Å². The van der Waals surface area contributed by atoms with Crippen molar-refractivity contribution in [2.45, 2.75) is 13.8 Å². The van der Waals surface area contributed by atoms with Gasteiger partial charge in [-0.3, -0.25) is 0 Å². The van der Waals surface area contributed by atoms with Crippen LogP contribution in [0.1, 0.15) is 13.8 Å². The van der Waals surface area contributed by atoms with Crippen LogP contribution in [0.3, 0.4) is 0 Å². The van der Waals surface area contributed by atoms with Crippen molar-refractivity contribution < 1.29 is 0 Å². The second-order valence-electron chi connectivity index (χ2n) is 3.89. The third kappa shape index (κ3) is 1.68. The second kappa shape index (κ2) is 4.15. The number of nitrogens with one attached hydrogen (secondary N) is 1. The minimum Gasteiger partial charge on any atom is -0.353 e. The lowest BCUT2D eigenvalue weighted by Crippen LogP contribution is -2.13. The van der Waals surface area contributed by atoms with E-state index in [1.54, 1.807) is 13.8 Å². The molecule has 0 saturated carbocycles. The van der Waals surface area contributed by atoms with Gasteiger partial charge < -0.3 is 4.98 Å². The summed E-state index contributed by atoms with van der Waals surface area (Å²) in [5.74, 6) is 0. The summed E-state index contributed by atoms with van der Waals surface area (Å²) in [6, 6.07) is 12.0. The van der Waals surface area contributed by atoms with E-state index in [1.807, 2.05) is 24.3 Å². The molecule has 1 N–H and O–H groups in total. The Bertz CT molecular complexity index is 713. The van der Waals surface area contributed by atoms with Crippen molar-refractivity contribution in [1.82, 2.24) is 4.98 Å². The van der Waals surface area contributed by atoms with Crippen LogP contribution in [0, 0.1) is 22.7 Å². The van der Waals surface area contributed by atoms with E-state index in [0.717, 1.165) is 21.5 Å².